The van der Waals surface area contributed by atoms with E-state index in [0.29, 0.717) is 29.3 Å². The summed E-state index contributed by atoms with van der Waals surface area (Å²) in [4.78, 5) is 36.8. The molecule has 6 aliphatic rings. The van der Waals surface area contributed by atoms with Gasteiger partial charge in [0.15, 0.2) is 0 Å². The van der Waals surface area contributed by atoms with Crippen molar-refractivity contribution in [2.24, 2.45) is 17.3 Å². The number of carbonyl (C=O) groups excluding carboxylic acids is 1. The van der Waals surface area contributed by atoms with Gasteiger partial charge in [-0.05, 0) is 92.0 Å². The number of hydrogen-bond acceptors (Lipinski definition) is 5. The van der Waals surface area contributed by atoms with E-state index in [9.17, 15) is 14.7 Å². The topological polar surface area (TPSA) is 89.5 Å². The fourth-order valence-corrected chi connectivity index (χ4v) is 10.0. The molecule has 2 aliphatic heterocycles. The molecule has 5 unspecified atom stereocenters. The molecule has 1 amide bonds. The summed E-state index contributed by atoms with van der Waals surface area (Å²) < 4.78 is 0. The number of piperidine rings is 1. The van der Waals surface area contributed by atoms with E-state index in [2.05, 4.69) is 31.9 Å². The molecule has 2 saturated heterocycles. The van der Waals surface area contributed by atoms with Gasteiger partial charge in [-0.1, -0.05) is 12.5 Å². The second-order valence-electron chi connectivity index (χ2n) is 12.1. The number of hydrogen-bond donors (Lipinski definition) is 2. The third-order valence-corrected chi connectivity index (χ3v) is 11.2. The van der Waals surface area contributed by atoms with Crippen molar-refractivity contribution in [2.75, 3.05) is 13.1 Å². The van der Waals surface area contributed by atoms with Gasteiger partial charge in [-0.15, -0.1) is 0 Å². The van der Waals surface area contributed by atoms with E-state index < -0.39 is 0 Å². The maximum absolute atomic E-state index is 13.6. The van der Waals surface area contributed by atoms with Crippen molar-refractivity contribution in [3.05, 3.63) is 57.8 Å². The number of benzene rings is 1. The lowest BCUT2D eigenvalue weighted by atomic mass is 9.43. The van der Waals surface area contributed by atoms with E-state index in [0.717, 1.165) is 44.8 Å². The standard InChI is InChI=1S/C28H32N4O3/c33-19-5-4-16-10-23-27-7-6-22-25(28(27,20(16)11-19)8-9-31(23)18-2-1-3-18)17(12-27)15-32(22)26(35)21-13-30-24(34)14-29-21/h4-5,11,13-14,17-18,22-23,25,33H,1-3,6-10,12,15H2,(H,30,34)/t17-,22?,23?,25?,27?,28?/m1/s1. The number of phenolic OH excluding ortho intramolecular Hbond substituents is 1. The highest BCUT2D eigenvalue weighted by molar-refractivity contribution is 5.92. The van der Waals surface area contributed by atoms with Gasteiger partial charge in [-0.2, -0.15) is 0 Å². The molecular formula is C28H32N4O3. The minimum absolute atomic E-state index is 0.0330. The highest BCUT2D eigenvalue weighted by atomic mass is 16.3. The molecule has 8 rings (SSSR count). The quantitative estimate of drug-likeness (QED) is 0.702. The van der Waals surface area contributed by atoms with Crippen LogP contribution >= 0.6 is 0 Å². The maximum atomic E-state index is 13.6. The van der Waals surface area contributed by atoms with Crippen LogP contribution in [0.5, 0.6) is 5.75 Å². The minimum Gasteiger partial charge on any atom is -0.508 e. The Bertz CT molecular complexity index is 1280. The third-order valence-electron chi connectivity index (χ3n) is 11.2. The fraction of sp³-hybridized carbons (Fsp3) is 0.607. The summed E-state index contributed by atoms with van der Waals surface area (Å²) in [5.41, 5.74) is 3.13. The van der Waals surface area contributed by atoms with Crippen molar-refractivity contribution in [1.29, 1.82) is 0 Å². The van der Waals surface area contributed by atoms with Gasteiger partial charge in [-0.25, -0.2) is 4.98 Å². The first-order chi connectivity index (χ1) is 17.0. The Kier molecular flexibility index (Phi) is 3.96. The van der Waals surface area contributed by atoms with E-state index in [4.69, 9.17) is 0 Å². The summed E-state index contributed by atoms with van der Waals surface area (Å²) >= 11 is 0. The van der Waals surface area contributed by atoms with Crippen LogP contribution in [0.3, 0.4) is 0 Å². The second kappa shape index (κ2) is 6.75. The van der Waals surface area contributed by atoms with Crippen molar-refractivity contribution in [2.45, 2.75) is 74.9 Å². The first-order valence-electron chi connectivity index (χ1n) is 13.5. The zero-order chi connectivity index (χ0) is 23.5. The van der Waals surface area contributed by atoms with Crippen LogP contribution < -0.4 is 5.56 Å². The molecule has 2 aromatic rings. The van der Waals surface area contributed by atoms with Crippen molar-refractivity contribution in [1.82, 2.24) is 19.8 Å². The van der Waals surface area contributed by atoms with E-state index in [1.54, 1.807) is 0 Å². The SMILES string of the molecule is O=C(c1c[nH]c(=O)cn1)N1C[C@H]2CC34CCC1C2C31CCN(C2CCC2)C4Cc2ccc(O)cc21. The zero-order valence-corrected chi connectivity index (χ0v) is 19.9. The van der Waals surface area contributed by atoms with E-state index in [-0.39, 0.29) is 28.3 Å². The second-order valence-corrected chi connectivity index (χ2v) is 12.1. The van der Waals surface area contributed by atoms with Crippen LogP contribution in [-0.2, 0) is 11.8 Å². The van der Waals surface area contributed by atoms with Gasteiger partial charge in [0, 0.05) is 36.3 Å². The molecule has 1 aromatic carbocycles. The van der Waals surface area contributed by atoms with Gasteiger partial charge in [-0.3, -0.25) is 14.5 Å². The smallest absolute Gasteiger partial charge is 0.274 e. The molecule has 4 aliphatic carbocycles. The van der Waals surface area contributed by atoms with Crippen molar-refractivity contribution in [3.63, 3.8) is 0 Å². The number of carbonyl (C=O) groups is 1. The molecule has 1 aromatic heterocycles. The molecule has 182 valence electrons. The average Bonchev–Trinajstić information content (AvgIpc) is 3.26. The molecule has 7 heteroatoms. The van der Waals surface area contributed by atoms with Crippen LogP contribution in [-0.4, -0.2) is 62.0 Å². The van der Waals surface area contributed by atoms with Gasteiger partial charge >= 0.3 is 0 Å². The summed E-state index contributed by atoms with van der Waals surface area (Å²) in [6.45, 7) is 1.92. The Labute approximate surface area is 204 Å². The Hall–Kier alpha value is -2.67. The molecule has 0 spiro atoms. The summed E-state index contributed by atoms with van der Waals surface area (Å²) in [6, 6.07) is 7.65. The lowest BCUT2D eigenvalue weighted by molar-refractivity contribution is -0.122. The van der Waals surface area contributed by atoms with Gasteiger partial charge in [0.2, 0.25) is 0 Å². The lowest BCUT2D eigenvalue weighted by Gasteiger charge is -2.68. The molecule has 3 saturated carbocycles. The first-order valence-corrected chi connectivity index (χ1v) is 13.5. The molecule has 35 heavy (non-hydrogen) atoms. The van der Waals surface area contributed by atoms with Gasteiger partial charge in [0.05, 0.1) is 6.20 Å². The van der Waals surface area contributed by atoms with Crippen molar-refractivity contribution < 1.29 is 9.90 Å². The number of fused-ring (bicyclic) bond motifs is 1. The van der Waals surface area contributed by atoms with Crippen LogP contribution in [0.15, 0.2) is 35.4 Å². The molecule has 0 radical (unpaired) electrons. The number of amides is 1. The van der Waals surface area contributed by atoms with Crippen molar-refractivity contribution >= 4 is 5.91 Å². The Morgan fingerprint density at radius 2 is 2.09 bits per heavy atom. The number of likely N-dealkylation sites (tertiary alicyclic amines) is 2. The number of nitrogens with zero attached hydrogens (tertiary/aromatic N) is 3. The average molecular weight is 473 g/mol. The van der Waals surface area contributed by atoms with Crippen LogP contribution in [0.2, 0.25) is 0 Å². The predicted octanol–water partition coefficient (Wildman–Crippen LogP) is 2.84. The number of rotatable bonds is 2. The highest BCUT2D eigenvalue weighted by Crippen LogP contribution is 2.75. The number of nitrogens with one attached hydrogen (secondary N) is 1. The monoisotopic (exact) mass is 472 g/mol. The number of aromatic amines is 1. The van der Waals surface area contributed by atoms with Crippen LogP contribution in [0, 0.1) is 17.3 Å². The van der Waals surface area contributed by atoms with E-state index in [1.165, 1.54) is 49.2 Å². The Balaban J connectivity index is 1.25. The van der Waals surface area contributed by atoms with E-state index >= 15 is 0 Å². The normalized spacial score (nSPS) is 39.1. The van der Waals surface area contributed by atoms with Gasteiger partial charge < -0.3 is 15.0 Å². The van der Waals surface area contributed by atoms with Gasteiger partial charge in [0.25, 0.3) is 11.5 Å². The number of aromatic nitrogens is 2. The number of phenols is 1. The molecule has 3 heterocycles. The van der Waals surface area contributed by atoms with E-state index in [1.807, 2.05) is 6.07 Å². The van der Waals surface area contributed by atoms with Crippen molar-refractivity contribution in [3.8, 4) is 5.75 Å². The number of H-pyrrole nitrogens is 1. The Morgan fingerprint density at radius 1 is 1.20 bits per heavy atom. The predicted molar refractivity (Wildman–Crippen MR) is 129 cm³/mol. The van der Waals surface area contributed by atoms with Crippen LogP contribution in [0.1, 0.15) is 66.6 Å². The lowest BCUT2D eigenvalue weighted by Crippen LogP contribution is -2.71. The summed E-state index contributed by atoms with van der Waals surface area (Å²) in [5.74, 6) is 1.22. The summed E-state index contributed by atoms with van der Waals surface area (Å²) in [5, 5.41) is 10.6. The molecular weight excluding hydrogens is 440 g/mol. The number of aromatic hydroxyl groups is 1. The summed E-state index contributed by atoms with van der Waals surface area (Å²) in [6.07, 6.45) is 12.3. The largest absolute Gasteiger partial charge is 0.508 e. The first kappa shape index (κ1) is 20.5. The Morgan fingerprint density at radius 3 is 2.86 bits per heavy atom. The molecule has 2 N–H and O–H groups in total. The molecule has 5 fully saturated rings. The highest BCUT2D eigenvalue weighted by Gasteiger charge is 2.76. The van der Waals surface area contributed by atoms with Gasteiger partial charge in [0.1, 0.15) is 11.4 Å². The van der Waals surface area contributed by atoms with Crippen LogP contribution in [0.4, 0.5) is 0 Å². The maximum Gasteiger partial charge on any atom is 0.274 e. The minimum atomic E-state index is -0.288. The van der Waals surface area contributed by atoms with Crippen LogP contribution in [0.25, 0.3) is 0 Å². The molecule has 7 nitrogen and oxygen atoms in total. The zero-order valence-electron chi connectivity index (χ0n) is 19.9. The third kappa shape index (κ3) is 2.38. The molecule has 4 bridgehead atoms. The molecule has 6 atom stereocenters. The summed E-state index contributed by atoms with van der Waals surface area (Å²) in [7, 11) is 0. The fourth-order valence-electron chi connectivity index (χ4n) is 10.0.